The van der Waals surface area contributed by atoms with Gasteiger partial charge in [0.25, 0.3) is 5.91 Å². The molecule has 0 radical (unpaired) electrons. The number of piperazine rings is 1. The number of benzene rings is 2. The van der Waals surface area contributed by atoms with Crippen LogP contribution in [0.3, 0.4) is 0 Å². The van der Waals surface area contributed by atoms with Crippen molar-refractivity contribution < 1.29 is 52.3 Å². The lowest BCUT2D eigenvalue weighted by atomic mass is 9.80. The van der Waals surface area contributed by atoms with Crippen LogP contribution in [0.1, 0.15) is 59.0 Å². The summed E-state index contributed by atoms with van der Waals surface area (Å²) in [7, 11) is 1.60. The maximum atomic E-state index is 14.2. The minimum absolute atomic E-state index is 0.108. The number of imidazole rings is 1. The van der Waals surface area contributed by atoms with Gasteiger partial charge in [0.2, 0.25) is 0 Å². The van der Waals surface area contributed by atoms with Crippen molar-refractivity contribution in [1.82, 2.24) is 19.8 Å². The number of aromatic nitrogens is 2. The number of carboxylic acid groups (broad SMARTS) is 2. The number of alkyl halides is 3. The Bertz CT molecular complexity index is 1530. The summed E-state index contributed by atoms with van der Waals surface area (Å²) in [5.41, 5.74) is 1.11. The Morgan fingerprint density at radius 1 is 1.06 bits per heavy atom. The number of amides is 1. The minimum atomic E-state index is -5.08. The van der Waals surface area contributed by atoms with E-state index in [2.05, 4.69) is 10.3 Å². The Morgan fingerprint density at radius 3 is 2.38 bits per heavy atom. The summed E-state index contributed by atoms with van der Waals surface area (Å²) in [6, 6.07) is 15.7. The van der Waals surface area contributed by atoms with Crippen molar-refractivity contribution >= 4 is 17.8 Å². The monoisotopic (exact) mass is 676 g/mol. The molecule has 12 nitrogen and oxygen atoms in total. The zero-order valence-electron chi connectivity index (χ0n) is 26.4. The van der Waals surface area contributed by atoms with Gasteiger partial charge in [-0.15, -0.1) is 0 Å². The van der Waals surface area contributed by atoms with Crippen LogP contribution in [-0.2, 0) is 9.53 Å². The van der Waals surface area contributed by atoms with E-state index in [1.165, 1.54) is 12.1 Å². The number of halogens is 3. The molecular weight excluding hydrogens is 637 g/mol. The molecule has 0 bridgehead atoms. The Hall–Kier alpha value is -4.47. The van der Waals surface area contributed by atoms with Gasteiger partial charge in [0.05, 0.1) is 36.8 Å². The highest BCUT2D eigenvalue weighted by atomic mass is 19.4. The molecule has 2 fully saturated rings. The van der Waals surface area contributed by atoms with Crippen molar-refractivity contribution in [3.63, 3.8) is 0 Å². The number of ether oxygens (including phenoxy) is 2. The van der Waals surface area contributed by atoms with E-state index >= 15 is 0 Å². The summed E-state index contributed by atoms with van der Waals surface area (Å²) < 4.78 is 45.0. The molecule has 1 saturated carbocycles. The third-order valence-electron chi connectivity index (χ3n) is 8.41. The number of carbonyl (C=O) groups is 3. The first-order chi connectivity index (χ1) is 22.9. The van der Waals surface area contributed by atoms with Gasteiger partial charge in [0.1, 0.15) is 11.4 Å². The van der Waals surface area contributed by atoms with E-state index in [-0.39, 0.29) is 30.2 Å². The van der Waals surface area contributed by atoms with Gasteiger partial charge in [-0.05, 0) is 37.1 Å². The lowest BCUT2D eigenvalue weighted by Crippen LogP contribution is -2.54. The molecule has 1 saturated heterocycles. The van der Waals surface area contributed by atoms with Gasteiger partial charge in [-0.2, -0.15) is 13.2 Å². The van der Waals surface area contributed by atoms with Gasteiger partial charge in [-0.1, -0.05) is 43.2 Å². The van der Waals surface area contributed by atoms with Crippen molar-refractivity contribution in [2.24, 2.45) is 0 Å². The predicted molar refractivity (Wildman–Crippen MR) is 167 cm³/mol. The van der Waals surface area contributed by atoms with Crippen LogP contribution in [0, 0.1) is 0 Å². The van der Waals surface area contributed by atoms with Gasteiger partial charge in [0, 0.05) is 44.8 Å². The lowest BCUT2D eigenvalue weighted by molar-refractivity contribution is -0.192. The molecule has 4 N–H and O–H groups in total. The molecule has 260 valence electrons. The number of methoxy groups -OCH3 is 1. The average Bonchev–Trinajstić information content (AvgIpc) is 3.50. The summed E-state index contributed by atoms with van der Waals surface area (Å²) in [5, 5.41) is 31.2. The first-order valence-electron chi connectivity index (χ1n) is 15.5. The number of carboxylic acids is 2. The minimum Gasteiger partial charge on any atom is -0.494 e. The topological polar surface area (TPSA) is 163 Å². The summed E-state index contributed by atoms with van der Waals surface area (Å²) in [6.07, 6.45) is 0.506. The van der Waals surface area contributed by atoms with E-state index in [0.717, 1.165) is 24.8 Å². The fraction of sp³-hybridized carbons (Fsp3) is 0.455. The molecule has 0 spiro atoms. The molecule has 1 amide bonds. The maximum Gasteiger partial charge on any atom is 0.490 e. The van der Waals surface area contributed by atoms with Crippen molar-refractivity contribution in [1.29, 1.82) is 0 Å². The van der Waals surface area contributed by atoms with Crippen LogP contribution in [0.15, 0.2) is 60.9 Å². The second kappa shape index (κ2) is 16.1. The lowest BCUT2D eigenvalue weighted by Gasteiger charge is -2.41. The summed E-state index contributed by atoms with van der Waals surface area (Å²) >= 11 is 0. The summed E-state index contributed by atoms with van der Waals surface area (Å²) in [5.74, 6) is -3.31. The highest BCUT2D eigenvalue weighted by Gasteiger charge is 2.42. The predicted octanol–water partition coefficient (Wildman–Crippen LogP) is 4.26. The van der Waals surface area contributed by atoms with Crippen molar-refractivity contribution in [2.75, 3.05) is 40.0 Å². The SMILES string of the molecule is COC[C@]1(O)CCCC[C@H]1n1cnc(C(=O)N2CCNC[C@H]2CCOc2ccc(C(=O)O)cc2)c1-c1ccccc1.O=C(O)C(F)(F)F. The Morgan fingerprint density at radius 2 is 1.75 bits per heavy atom. The Labute approximate surface area is 275 Å². The largest absolute Gasteiger partial charge is 0.494 e. The number of carbonyl (C=O) groups excluding carboxylic acids is 1. The zero-order valence-corrected chi connectivity index (χ0v) is 26.4. The molecule has 1 aliphatic heterocycles. The highest BCUT2D eigenvalue weighted by Crippen LogP contribution is 2.41. The van der Waals surface area contributed by atoms with Crippen molar-refractivity contribution in [3.8, 4) is 17.0 Å². The first-order valence-corrected chi connectivity index (χ1v) is 15.5. The molecular formula is C33H39F3N4O8. The van der Waals surface area contributed by atoms with Crippen LogP contribution in [0.2, 0.25) is 0 Å². The van der Waals surface area contributed by atoms with Gasteiger partial charge in [0.15, 0.2) is 5.69 Å². The number of aliphatic hydroxyl groups is 1. The van der Waals surface area contributed by atoms with E-state index in [1.807, 2.05) is 39.8 Å². The van der Waals surface area contributed by atoms with Crippen LogP contribution in [0.4, 0.5) is 13.2 Å². The highest BCUT2D eigenvalue weighted by molar-refractivity contribution is 5.98. The van der Waals surface area contributed by atoms with Crippen LogP contribution >= 0.6 is 0 Å². The average molecular weight is 677 g/mol. The van der Waals surface area contributed by atoms with Crippen LogP contribution < -0.4 is 10.1 Å². The summed E-state index contributed by atoms with van der Waals surface area (Å²) in [4.78, 5) is 40.7. The number of aromatic carboxylic acids is 1. The van der Waals surface area contributed by atoms with E-state index < -0.39 is 23.7 Å². The molecule has 3 aromatic rings. The van der Waals surface area contributed by atoms with Crippen LogP contribution in [0.25, 0.3) is 11.3 Å². The quantitative estimate of drug-likeness (QED) is 0.244. The van der Waals surface area contributed by atoms with Crippen LogP contribution in [0.5, 0.6) is 5.75 Å². The number of rotatable bonds is 10. The molecule has 0 unspecified atom stereocenters. The third kappa shape index (κ3) is 8.90. The fourth-order valence-electron chi connectivity index (χ4n) is 6.08. The maximum absolute atomic E-state index is 14.2. The van der Waals surface area contributed by atoms with Gasteiger partial charge < -0.3 is 39.6 Å². The fourth-order valence-corrected chi connectivity index (χ4v) is 6.08. The van der Waals surface area contributed by atoms with E-state index in [0.29, 0.717) is 56.2 Å². The molecule has 48 heavy (non-hydrogen) atoms. The normalized spacial score (nSPS) is 21.1. The van der Waals surface area contributed by atoms with Crippen molar-refractivity contribution in [3.05, 3.63) is 72.2 Å². The van der Waals surface area contributed by atoms with Gasteiger partial charge in [-0.3, -0.25) is 4.79 Å². The van der Waals surface area contributed by atoms with E-state index in [1.54, 1.807) is 25.6 Å². The molecule has 2 aliphatic rings. The molecule has 1 aliphatic carbocycles. The third-order valence-corrected chi connectivity index (χ3v) is 8.41. The second-order valence-corrected chi connectivity index (χ2v) is 11.6. The molecule has 3 atom stereocenters. The molecule has 5 rings (SSSR count). The number of hydrogen-bond donors (Lipinski definition) is 4. The van der Waals surface area contributed by atoms with Gasteiger partial charge in [-0.25, -0.2) is 14.6 Å². The summed E-state index contributed by atoms with van der Waals surface area (Å²) in [6.45, 7) is 2.43. The van der Waals surface area contributed by atoms with Gasteiger partial charge >= 0.3 is 18.1 Å². The smallest absolute Gasteiger partial charge is 0.490 e. The standard InChI is InChI=1S/C31H38N4O6.C2HF3O2/c1-40-20-31(39)15-6-5-9-26(31)35-21-33-27(28(35)22-7-3-2-4-8-22)29(36)34-17-16-32-19-24(34)14-18-41-25-12-10-23(11-13-25)30(37)38;3-2(4,5)1(6)7/h2-4,7-8,10-13,21,24,26,32,39H,5-6,9,14-20H2,1H3,(H,37,38);(H,6,7)/t24-,26-,31-;/m1./s1. The number of hydrogen-bond acceptors (Lipinski definition) is 8. The Kier molecular flexibility index (Phi) is 12.2. The Balaban J connectivity index is 0.000000671. The van der Waals surface area contributed by atoms with E-state index in [9.17, 15) is 27.9 Å². The molecule has 1 aromatic heterocycles. The van der Waals surface area contributed by atoms with Crippen LogP contribution in [-0.4, -0.2) is 105 Å². The number of aliphatic carboxylic acids is 1. The number of nitrogens with zero attached hydrogens (tertiary/aromatic N) is 3. The number of nitrogens with one attached hydrogen (secondary N) is 1. The first kappa shape index (κ1) is 36.4. The molecule has 2 aromatic carbocycles. The van der Waals surface area contributed by atoms with E-state index in [4.69, 9.17) is 24.5 Å². The molecule has 2 heterocycles. The second-order valence-electron chi connectivity index (χ2n) is 11.6. The van der Waals surface area contributed by atoms with Crippen molar-refractivity contribution in [2.45, 2.75) is 56.0 Å². The zero-order chi connectivity index (χ0) is 34.9. The molecule has 15 heteroatoms.